The summed E-state index contributed by atoms with van der Waals surface area (Å²) in [5.74, 6) is 0.721. The van der Waals surface area contributed by atoms with Crippen molar-refractivity contribution < 1.29 is 13.2 Å². The van der Waals surface area contributed by atoms with Gasteiger partial charge in [-0.1, -0.05) is 0 Å². The zero-order valence-corrected chi connectivity index (χ0v) is 15.2. The molecule has 0 saturated carbocycles. The maximum Gasteiger partial charge on any atom is 0.243 e. The van der Waals surface area contributed by atoms with E-state index in [0.29, 0.717) is 18.0 Å². The molecule has 0 spiro atoms. The lowest BCUT2D eigenvalue weighted by atomic mass is 10.1. The van der Waals surface area contributed by atoms with Crippen LogP contribution in [0.2, 0.25) is 0 Å². The third-order valence-corrected chi connectivity index (χ3v) is 6.33. The lowest BCUT2D eigenvalue weighted by Gasteiger charge is -2.32. The number of piperidine rings is 1. The van der Waals surface area contributed by atoms with Crippen LogP contribution in [-0.4, -0.2) is 46.0 Å². The van der Waals surface area contributed by atoms with E-state index >= 15 is 0 Å². The van der Waals surface area contributed by atoms with E-state index in [1.807, 2.05) is 20.9 Å². The van der Waals surface area contributed by atoms with Crippen molar-refractivity contribution in [2.75, 3.05) is 27.2 Å². The van der Waals surface area contributed by atoms with Gasteiger partial charge in [0.1, 0.15) is 5.75 Å². The largest absolute Gasteiger partial charge is 0.496 e. The summed E-state index contributed by atoms with van der Waals surface area (Å²) in [6, 6.07) is 3.61. The number of rotatable bonds is 4. The van der Waals surface area contributed by atoms with Crippen molar-refractivity contribution in [3.63, 3.8) is 0 Å². The van der Waals surface area contributed by atoms with E-state index in [0.717, 1.165) is 29.7 Å². The molecule has 7 heteroatoms. The topological polar surface area (TPSA) is 58.6 Å². The Kier molecular flexibility index (Phi) is 6.67. The van der Waals surface area contributed by atoms with E-state index in [-0.39, 0.29) is 18.4 Å². The molecule has 0 radical (unpaired) electrons. The van der Waals surface area contributed by atoms with Gasteiger partial charge in [-0.2, -0.15) is 4.31 Å². The van der Waals surface area contributed by atoms with E-state index in [1.54, 1.807) is 23.5 Å². The summed E-state index contributed by atoms with van der Waals surface area (Å²) in [5.41, 5.74) is 1.64. The molecule has 0 amide bonds. The third-order valence-electron chi connectivity index (χ3n) is 4.32. The molecule has 1 aliphatic rings. The van der Waals surface area contributed by atoms with Gasteiger partial charge in [0.05, 0.1) is 12.0 Å². The molecule has 1 aromatic rings. The SMILES string of the molecule is CNC1CCCN(S(=O)(=O)c2ccc(OC)c(C)c2C)C1.Cl. The van der Waals surface area contributed by atoms with Crippen molar-refractivity contribution in [3.8, 4) is 5.75 Å². The van der Waals surface area contributed by atoms with Crippen LogP contribution in [-0.2, 0) is 10.0 Å². The zero-order valence-electron chi connectivity index (χ0n) is 13.5. The van der Waals surface area contributed by atoms with Crippen molar-refractivity contribution >= 4 is 22.4 Å². The molecule has 1 atom stereocenters. The molecular weight excluding hydrogens is 324 g/mol. The molecule has 5 nitrogen and oxygen atoms in total. The molecule has 1 aliphatic heterocycles. The average molecular weight is 349 g/mol. The van der Waals surface area contributed by atoms with Crippen LogP contribution in [0.3, 0.4) is 0 Å². The lowest BCUT2D eigenvalue weighted by Crippen LogP contribution is -2.47. The van der Waals surface area contributed by atoms with Crippen LogP contribution in [0.15, 0.2) is 17.0 Å². The van der Waals surface area contributed by atoms with Crippen LogP contribution in [0.1, 0.15) is 24.0 Å². The normalized spacial score (nSPS) is 19.5. The summed E-state index contributed by atoms with van der Waals surface area (Å²) in [4.78, 5) is 0.387. The number of hydrogen-bond donors (Lipinski definition) is 1. The first kappa shape index (κ1) is 19.2. The Labute approximate surface area is 139 Å². The van der Waals surface area contributed by atoms with Gasteiger partial charge >= 0.3 is 0 Å². The Balaban J connectivity index is 0.00000242. The van der Waals surface area contributed by atoms with Gasteiger partial charge in [-0.05, 0) is 57.0 Å². The number of ether oxygens (including phenoxy) is 1. The molecule has 2 rings (SSSR count). The molecule has 0 aliphatic carbocycles. The number of nitrogens with zero attached hydrogens (tertiary/aromatic N) is 1. The summed E-state index contributed by atoms with van der Waals surface area (Å²) in [5, 5.41) is 3.18. The number of benzene rings is 1. The van der Waals surface area contributed by atoms with Crippen LogP contribution >= 0.6 is 12.4 Å². The van der Waals surface area contributed by atoms with Crippen molar-refractivity contribution in [1.82, 2.24) is 9.62 Å². The Morgan fingerprint density at radius 3 is 2.55 bits per heavy atom. The van der Waals surface area contributed by atoms with Crippen LogP contribution < -0.4 is 10.1 Å². The highest BCUT2D eigenvalue weighted by Crippen LogP contribution is 2.29. The summed E-state index contributed by atoms with van der Waals surface area (Å²) >= 11 is 0. The van der Waals surface area contributed by atoms with Gasteiger partial charge in [-0.3, -0.25) is 0 Å². The van der Waals surface area contributed by atoms with Crippen LogP contribution in [0.5, 0.6) is 5.75 Å². The lowest BCUT2D eigenvalue weighted by molar-refractivity contribution is 0.292. The van der Waals surface area contributed by atoms with Crippen molar-refractivity contribution in [1.29, 1.82) is 0 Å². The number of likely N-dealkylation sites (N-methyl/N-ethyl adjacent to an activating group) is 1. The van der Waals surface area contributed by atoms with Gasteiger partial charge in [0.25, 0.3) is 0 Å². The Hall–Kier alpha value is -0.820. The average Bonchev–Trinajstić information content (AvgIpc) is 2.49. The maximum absolute atomic E-state index is 12.9. The summed E-state index contributed by atoms with van der Waals surface area (Å²) in [6.45, 7) is 4.85. The number of halogens is 1. The smallest absolute Gasteiger partial charge is 0.243 e. The van der Waals surface area contributed by atoms with Crippen molar-refractivity contribution in [2.24, 2.45) is 0 Å². The number of nitrogens with one attached hydrogen (secondary N) is 1. The van der Waals surface area contributed by atoms with E-state index in [1.165, 1.54) is 0 Å². The van der Waals surface area contributed by atoms with Crippen molar-refractivity contribution in [3.05, 3.63) is 23.3 Å². The third kappa shape index (κ3) is 3.56. The molecule has 1 N–H and O–H groups in total. The summed E-state index contributed by atoms with van der Waals surface area (Å²) in [7, 11) is 0.0285. The van der Waals surface area contributed by atoms with E-state index in [4.69, 9.17) is 4.74 Å². The molecular formula is C15H25ClN2O3S. The summed E-state index contributed by atoms with van der Waals surface area (Å²) in [6.07, 6.45) is 1.90. The predicted molar refractivity (Wildman–Crippen MR) is 90.6 cm³/mol. The highest BCUT2D eigenvalue weighted by molar-refractivity contribution is 7.89. The minimum absolute atomic E-state index is 0. The van der Waals surface area contributed by atoms with E-state index in [2.05, 4.69) is 5.32 Å². The molecule has 1 fully saturated rings. The number of methoxy groups -OCH3 is 1. The van der Waals surface area contributed by atoms with E-state index < -0.39 is 10.0 Å². The van der Waals surface area contributed by atoms with Gasteiger partial charge in [-0.25, -0.2) is 8.42 Å². The second kappa shape index (κ2) is 7.64. The number of hydrogen-bond acceptors (Lipinski definition) is 4. The minimum atomic E-state index is -3.45. The highest BCUT2D eigenvalue weighted by atomic mass is 35.5. The molecule has 0 bridgehead atoms. The van der Waals surface area contributed by atoms with Crippen LogP contribution in [0.25, 0.3) is 0 Å². The molecule has 22 heavy (non-hydrogen) atoms. The van der Waals surface area contributed by atoms with E-state index in [9.17, 15) is 8.42 Å². The van der Waals surface area contributed by atoms with Gasteiger partial charge in [0.2, 0.25) is 10.0 Å². The maximum atomic E-state index is 12.9. The fourth-order valence-electron chi connectivity index (χ4n) is 2.81. The second-order valence-electron chi connectivity index (χ2n) is 5.51. The molecule has 1 unspecified atom stereocenters. The predicted octanol–water partition coefficient (Wildman–Crippen LogP) is 2.11. The van der Waals surface area contributed by atoms with Gasteiger partial charge in [0.15, 0.2) is 0 Å². The molecule has 0 aromatic heterocycles. The monoisotopic (exact) mass is 348 g/mol. The second-order valence-corrected chi connectivity index (χ2v) is 7.41. The van der Waals surface area contributed by atoms with Gasteiger partial charge in [-0.15, -0.1) is 12.4 Å². The standard InChI is InChI=1S/C15H24N2O3S.ClH/c1-11-12(2)15(8-7-14(11)20-4)21(18,19)17-9-5-6-13(10-17)16-3;/h7-8,13,16H,5-6,9-10H2,1-4H3;1H. The fourth-order valence-corrected chi connectivity index (χ4v) is 4.61. The fraction of sp³-hybridized carbons (Fsp3) is 0.600. The van der Waals surface area contributed by atoms with Crippen molar-refractivity contribution in [2.45, 2.75) is 37.6 Å². The number of sulfonamides is 1. The summed E-state index contributed by atoms with van der Waals surface area (Å²) < 4.78 is 32.6. The first-order chi connectivity index (χ1) is 9.91. The molecule has 1 saturated heterocycles. The quantitative estimate of drug-likeness (QED) is 0.905. The Morgan fingerprint density at radius 2 is 1.95 bits per heavy atom. The van der Waals surface area contributed by atoms with Gasteiger partial charge < -0.3 is 10.1 Å². The molecule has 1 aromatic carbocycles. The van der Waals surface area contributed by atoms with Crippen LogP contribution in [0, 0.1) is 13.8 Å². The van der Waals surface area contributed by atoms with Gasteiger partial charge in [0, 0.05) is 19.1 Å². The first-order valence-electron chi connectivity index (χ1n) is 7.23. The Morgan fingerprint density at radius 1 is 1.27 bits per heavy atom. The molecule has 126 valence electrons. The minimum Gasteiger partial charge on any atom is -0.496 e. The Bertz CT molecular complexity index is 619. The molecule has 1 heterocycles. The highest BCUT2D eigenvalue weighted by Gasteiger charge is 2.31. The first-order valence-corrected chi connectivity index (χ1v) is 8.67. The van der Waals surface area contributed by atoms with Crippen LogP contribution in [0.4, 0.5) is 0 Å². The zero-order chi connectivity index (χ0) is 15.6.